The first-order chi connectivity index (χ1) is 51.7. The second-order valence-electron chi connectivity index (χ2n) is 29.4. The van der Waals surface area contributed by atoms with E-state index < -0.39 is 0 Å². The SMILES string of the molecule is CC(C)(C)c1ccc(-c2cc3c4c(c2)N(c2c(-c5ccccc5)cc(-c5ccccc5)cc2-c2ccccc2)c2ccc(-c5ccc6c7cccc8cccc(c9cccc5c96)c87)cc2B4c2cc(-c4ccccc4)ccc2N3c2c(-c3ccccc3)cc(-c3ccccc3)cc2-c2ccccc2)cc1. The largest absolute Gasteiger partial charge is 0.310 e. The number of nitrogens with zero attached hydrogens (tertiary/aromatic N) is 2. The van der Waals surface area contributed by atoms with Crippen LogP contribution in [0, 0.1) is 0 Å². The first-order valence-electron chi connectivity index (χ1n) is 36.7. The maximum absolute atomic E-state index is 2.70. The summed E-state index contributed by atoms with van der Waals surface area (Å²) in [6.45, 7) is 6.65. The van der Waals surface area contributed by atoms with Crippen molar-refractivity contribution in [2.45, 2.75) is 26.2 Å². The molecule has 2 aliphatic heterocycles. The number of hydrogen-bond donors (Lipinski definition) is 0. The predicted octanol–water partition coefficient (Wildman–Crippen LogP) is 26.1. The standard InChI is InChI=1S/C102H71BN2/c1-102(2,3)80-52-48-69(49-53-80)79-64-95-99-96(65-79)105(101-89(72-38-21-9-22-39-72)60-78(68-32-15-6-16-33-68)61-90(101)73-40-23-10-24-41-73)94-57-51-76(81-54-55-86-84-45-26-43-74-42-25-44-83(97(74)84)85-47-27-46-82(81)98(85)86)63-92(94)103(99)91-62-75(66-28-11-4-12-29-66)50-56-93(91)104(95)100-87(70-34-17-7-18-35-70)58-77(67-30-13-5-14-31-67)59-88(100)71-36-19-8-20-37-71/h4-65H,1-3H3. The van der Waals surface area contributed by atoms with E-state index in [1.54, 1.807) is 0 Å². The number of hydrogen-bond acceptors (Lipinski definition) is 2. The minimum Gasteiger partial charge on any atom is -0.310 e. The molecule has 105 heavy (non-hydrogen) atoms. The Bertz CT molecular complexity index is 6200. The lowest BCUT2D eigenvalue weighted by Gasteiger charge is -2.46. The molecule has 0 N–H and O–H groups in total. The fourth-order valence-corrected chi connectivity index (χ4v) is 17.4. The van der Waals surface area contributed by atoms with Crippen molar-refractivity contribution in [1.29, 1.82) is 0 Å². The van der Waals surface area contributed by atoms with Gasteiger partial charge in [-0.25, -0.2) is 0 Å². The van der Waals surface area contributed by atoms with Crippen molar-refractivity contribution >= 4 is 100 Å². The number of benzene rings is 18. The van der Waals surface area contributed by atoms with E-state index in [0.29, 0.717) is 0 Å². The summed E-state index contributed by atoms with van der Waals surface area (Å²) in [6, 6.07) is 142. The monoisotopic (exact) mass is 1330 g/mol. The maximum atomic E-state index is 2.70. The smallest absolute Gasteiger partial charge is 0.252 e. The van der Waals surface area contributed by atoms with Crippen LogP contribution in [0.2, 0.25) is 0 Å². The summed E-state index contributed by atoms with van der Waals surface area (Å²) in [5, 5.41) is 10.2. The molecule has 0 bridgehead atoms. The summed E-state index contributed by atoms with van der Waals surface area (Å²) in [5.74, 6) is 0. The molecular formula is C102H71BN2. The second-order valence-corrected chi connectivity index (χ2v) is 29.4. The molecule has 0 aliphatic carbocycles. The Morgan fingerprint density at radius 3 is 0.981 bits per heavy atom. The van der Waals surface area contributed by atoms with Gasteiger partial charge in [-0.3, -0.25) is 0 Å². The molecule has 20 rings (SSSR count). The highest BCUT2D eigenvalue weighted by Crippen LogP contribution is 2.56. The summed E-state index contributed by atoms with van der Waals surface area (Å²) >= 11 is 0. The molecule has 0 unspecified atom stereocenters. The van der Waals surface area contributed by atoms with Gasteiger partial charge in [-0.05, 0) is 197 Å². The number of fused-ring (bicyclic) bond motifs is 6. The van der Waals surface area contributed by atoms with E-state index >= 15 is 0 Å². The first kappa shape index (κ1) is 61.8. The van der Waals surface area contributed by atoms with Gasteiger partial charge in [0.1, 0.15) is 0 Å². The van der Waals surface area contributed by atoms with Crippen molar-refractivity contribution in [1.82, 2.24) is 0 Å². The Balaban J connectivity index is 0.964. The fraction of sp³-hybridized carbons (Fsp3) is 0.0392. The van der Waals surface area contributed by atoms with E-state index in [2.05, 4.69) is 407 Å². The third-order valence-electron chi connectivity index (χ3n) is 22.3. The summed E-state index contributed by atoms with van der Waals surface area (Å²) < 4.78 is 0. The van der Waals surface area contributed by atoms with Crippen LogP contribution in [0.5, 0.6) is 0 Å². The van der Waals surface area contributed by atoms with Crippen LogP contribution >= 0.6 is 0 Å². The van der Waals surface area contributed by atoms with Gasteiger partial charge >= 0.3 is 0 Å². The normalized spacial score (nSPS) is 12.5. The van der Waals surface area contributed by atoms with Gasteiger partial charge in [0.25, 0.3) is 6.71 Å². The molecular weight excluding hydrogens is 1260 g/mol. The van der Waals surface area contributed by atoms with Crippen molar-refractivity contribution in [3.05, 3.63) is 382 Å². The molecule has 0 radical (unpaired) electrons. The Morgan fingerprint density at radius 2 is 0.552 bits per heavy atom. The molecule has 3 heteroatoms. The van der Waals surface area contributed by atoms with E-state index in [9.17, 15) is 0 Å². The molecule has 0 fully saturated rings. The van der Waals surface area contributed by atoms with E-state index in [1.165, 1.54) is 81.7 Å². The van der Waals surface area contributed by atoms with E-state index in [-0.39, 0.29) is 12.1 Å². The topological polar surface area (TPSA) is 6.48 Å². The first-order valence-corrected chi connectivity index (χ1v) is 36.7. The molecule has 0 atom stereocenters. The van der Waals surface area contributed by atoms with Crippen LogP contribution < -0.4 is 26.2 Å². The average molecular weight is 1340 g/mol. The molecule has 0 saturated carbocycles. The van der Waals surface area contributed by atoms with Crippen LogP contribution in [0.25, 0.3) is 143 Å². The van der Waals surface area contributed by atoms with E-state index in [4.69, 9.17) is 0 Å². The van der Waals surface area contributed by atoms with Crippen molar-refractivity contribution in [3.63, 3.8) is 0 Å². The molecule has 0 aromatic heterocycles. The molecule has 2 nitrogen and oxygen atoms in total. The van der Waals surface area contributed by atoms with Crippen molar-refractivity contribution in [2.75, 3.05) is 9.80 Å². The minimum atomic E-state index is -0.286. The summed E-state index contributed by atoms with van der Waals surface area (Å²) in [4.78, 5) is 5.40. The summed E-state index contributed by atoms with van der Waals surface area (Å²) in [7, 11) is 0. The third-order valence-corrected chi connectivity index (χ3v) is 22.3. The van der Waals surface area contributed by atoms with Crippen LogP contribution in [0.3, 0.4) is 0 Å². The van der Waals surface area contributed by atoms with Gasteiger partial charge in [-0.1, -0.05) is 348 Å². The van der Waals surface area contributed by atoms with Crippen LogP contribution in [0.15, 0.2) is 376 Å². The molecule has 0 spiro atoms. The lowest BCUT2D eigenvalue weighted by atomic mass is 9.33. The zero-order chi connectivity index (χ0) is 69.9. The van der Waals surface area contributed by atoms with Crippen LogP contribution in [-0.4, -0.2) is 6.71 Å². The van der Waals surface area contributed by atoms with E-state index in [1.807, 2.05) is 0 Å². The fourth-order valence-electron chi connectivity index (χ4n) is 17.4. The Morgan fingerprint density at radius 1 is 0.219 bits per heavy atom. The van der Waals surface area contributed by atoms with Gasteiger partial charge in [-0.15, -0.1) is 0 Å². The second kappa shape index (κ2) is 24.9. The maximum Gasteiger partial charge on any atom is 0.252 e. The zero-order valence-electron chi connectivity index (χ0n) is 58.8. The van der Waals surface area contributed by atoms with Gasteiger partial charge in [0.2, 0.25) is 0 Å². The van der Waals surface area contributed by atoms with Crippen LogP contribution in [0.1, 0.15) is 26.3 Å². The summed E-state index contributed by atoms with van der Waals surface area (Å²) in [6.07, 6.45) is 0. The van der Waals surface area contributed by atoms with Crippen molar-refractivity contribution in [2.24, 2.45) is 0 Å². The Kier molecular flexibility index (Phi) is 14.6. The predicted molar refractivity (Wildman–Crippen MR) is 449 cm³/mol. The minimum absolute atomic E-state index is 0.0561. The zero-order valence-corrected chi connectivity index (χ0v) is 58.8. The van der Waals surface area contributed by atoms with Crippen molar-refractivity contribution in [3.8, 4) is 100 Å². The third kappa shape index (κ3) is 10.3. The highest BCUT2D eigenvalue weighted by molar-refractivity contribution is 7.00. The highest BCUT2D eigenvalue weighted by Gasteiger charge is 2.46. The molecule has 0 saturated heterocycles. The Hall–Kier alpha value is -13.1. The summed E-state index contributed by atoms with van der Waals surface area (Å²) in [5.41, 5.74) is 32.2. The molecule has 2 aliphatic rings. The lowest BCUT2D eigenvalue weighted by Crippen LogP contribution is -2.61. The van der Waals surface area contributed by atoms with Gasteiger partial charge in [0, 0.05) is 45.0 Å². The van der Waals surface area contributed by atoms with Gasteiger partial charge in [0.05, 0.1) is 11.4 Å². The molecule has 18 aromatic carbocycles. The van der Waals surface area contributed by atoms with Crippen molar-refractivity contribution < 1.29 is 0 Å². The molecule has 18 aromatic rings. The van der Waals surface area contributed by atoms with Gasteiger partial charge in [-0.2, -0.15) is 0 Å². The number of rotatable bonds is 11. The van der Waals surface area contributed by atoms with E-state index in [0.717, 1.165) is 118 Å². The van der Waals surface area contributed by atoms with Gasteiger partial charge < -0.3 is 9.80 Å². The quantitative estimate of drug-likeness (QED) is 0.0723. The number of anilines is 6. The van der Waals surface area contributed by atoms with Crippen LogP contribution in [0.4, 0.5) is 34.1 Å². The van der Waals surface area contributed by atoms with Crippen LogP contribution in [-0.2, 0) is 5.41 Å². The average Bonchev–Trinajstić information content (AvgIpc) is 0.686. The highest BCUT2D eigenvalue weighted by atomic mass is 15.2. The molecule has 2 heterocycles. The molecule has 492 valence electrons. The lowest BCUT2D eigenvalue weighted by molar-refractivity contribution is 0.590. The van der Waals surface area contributed by atoms with Gasteiger partial charge in [0.15, 0.2) is 0 Å². The molecule has 0 amide bonds. The Labute approximate surface area is 614 Å².